The maximum Gasteiger partial charge on any atom is 0.202 e. The molecule has 0 aliphatic rings. The number of ketones is 1. The highest BCUT2D eigenvalue weighted by molar-refractivity contribution is 6.30. The van der Waals surface area contributed by atoms with Crippen molar-refractivity contribution >= 4 is 23.6 Å². The monoisotopic (exact) mass is 429 g/mol. The van der Waals surface area contributed by atoms with E-state index in [1.165, 1.54) is 0 Å². The molecular weight excluding hydrogens is 410 g/mol. The third kappa shape index (κ3) is 4.90. The van der Waals surface area contributed by atoms with Gasteiger partial charge in [0.1, 0.15) is 18.0 Å². The van der Waals surface area contributed by atoms with Crippen LogP contribution in [0, 0.1) is 0 Å². The van der Waals surface area contributed by atoms with E-state index in [1.807, 2.05) is 66.7 Å². The second-order valence-corrected chi connectivity index (χ2v) is 7.27. The molecule has 0 bridgehead atoms. The van der Waals surface area contributed by atoms with Crippen molar-refractivity contribution in [2.45, 2.75) is 0 Å². The molecule has 6 heteroatoms. The molecule has 5 nitrogen and oxygen atoms in total. The highest BCUT2D eigenvalue weighted by atomic mass is 35.5. The molecule has 0 aliphatic carbocycles. The van der Waals surface area contributed by atoms with Crippen LogP contribution >= 0.6 is 11.6 Å². The topological polar surface area (TPSA) is 56.5 Å². The number of nitrogens with zero attached hydrogens (tertiary/aromatic N) is 3. The van der Waals surface area contributed by atoms with Crippen molar-refractivity contribution < 1.29 is 9.53 Å². The molecule has 0 atom stereocenters. The highest BCUT2D eigenvalue weighted by Crippen LogP contribution is 2.24. The van der Waals surface area contributed by atoms with Gasteiger partial charge in [-0.2, -0.15) is 5.10 Å². The first-order valence-corrected chi connectivity index (χ1v) is 10.1. The summed E-state index contributed by atoms with van der Waals surface area (Å²) >= 11 is 5.91. The maximum absolute atomic E-state index is 13.0. The largest absolute Gasteiger partial charge is 0.497 e. The Morgan fingerprint density at radius 2 is 1.74 bits per heavy atom. The Hall–Kier alpha value is -3.70. The molecule has 1 aromatic heterocycles. The summed E-state index contributed by atoms with van der Waals surface area (Å²) < 4.78 is 6.89. The number of methoxy groups -OCH3 is 1. The molecule has 31 heavy (non-hydrogen) atoms. The van der Waals surface area contributed by atoms with Crippen LogP contribution in [0.1, 0.15) is 16.1 Å². The zero-order valence-electron chi connectivity index (χ0n) is 16.9. The first kappa shape index (κ1) is 20.6. The molecule has 154 valence electrons. The number of carbonyl (C=O) groups excluding carboxylic acids is 1. The van der Waals surface area contributed by atoms with Gasteiger partial charge in [-0.25, -0.2) is 4.68 Å². The van der Waals surface area contributed by atoms with E-state index in [1.54, 1.807) is 36.2 Å². The number of benzene rings is 3. The van der Waals surface area contributed by atoms with Gasteiger partial charge in [0, 0.05) is 16.8 Å². The fourth-order valence-corrected chi connectivity index (χ4v) is 3.24. The zero-order valence-corrected chi connectivity index (χ0v) is 17.7. The van der Waals surface area contributed by atoms with Crippen LogP contribution in [0.5, 0.6) is 5.75 Å². The summed E-state index contributed by atoms with van der Waals surface area (Å²) in [7, 11) is 1.63. The number of para-hydroxylation sites is 1. The lowest BCUT2D eigenvalue weighted by atomic mass is 10.1. The fourth-order valence-electron chi connectivity index (χ4n) is 3.11. The van der Waals surface area contributed by atoms with E-state index in [0.29, 0.717) is 16.4 Å². The van der Waals surface area contributed by atoms with Crippen LogP contribution in [0.3, 0.4) is 0 Å². The molecule has 0 unspecified atom stereocenters. The second kappa shape index (κ2) is 9.41. The van der Waals surface area contributed by atoms with Crippen molar-refractivity contribution in [2.75, 3.05) is 13.7 Å². The number of hydrogen-bond acceptors (Lipinski definition) is 4. The van der Waals surface area contributed by atoms with Gasteiger partial charge in [0.05, 0.1) is 18.5 Å². The minimum absolute atomic E-state index is 0.0171. The molecule has 0 radical (unpaired) electrons. The SMILES string of the molecule is COc1ccc(-c2cc(C(=O)CN=Cc3ccc(Cl)cc3)n(-c3ccccc3)n2)cc1. The number of rotatable bonds is 7. The average molecular weight is 430 g/mol. The van der Waals surface area contributed by atoms with Gasteiger partial charge in [0.15, 0.2) is 0 Å². The lowest BCUT2D eigenvalue weighted by molar-refractivity contribution is 0.0995. The van der Waals surface area contributed by atoms with Gasteiger partial charge in [-0.15, -0.1) is 0 Å². The number of aromatic nitrogens is 2. The lowest BCUT2D eigenvalue weighted by Gasteiger charge is -2.05. The Balaban J connectivity index is 1.63. The van der Waals surface area contributed by atoms with Gasteiger partial charge in [0.2, 0.25) is 5.78 Å². The summed E-state index contributed by atoms with van der Waals surface area (Å²) in [5.74, 6) is 0.639. The van der Waals surface area contributed by atoms with E-state index in [2.05, 4.69) is 4.99 Å². The summed E-state index contributed by atoms with van der Waals surface area (Å²) in [6.45, 7) is 0.0171. The smallest absolute Gasteiger partial charge is 0.202 e. The fraction of sp³-hybridized carbons (Fsp3) is 0.0800. The summed E-state index contributed by atoms with van der Waals surface area (Å²) in [5.41, 5.74) is 3.77. The summed E-state index contributed by atoms with van der Waals surface area (Å²) in [4.78, 5) is 17.3. The van der Waals surface area contributed by atoms with Crippen LogP contribution < -0.4 is 4.74 Å². The Morgan fingerprint density at radius 1 is 1.03 bits per heavy atom. The third-order valence-corrected chi connectivity index (χ3v) is 4.98. The van der Waals surface area contributed by atoms with Crippen molar-refractivity contribution in [3.63, 3.8) is 0 Å². The minimum Gasteiger partial charge on any atom is -0.497 e. The van der Waals surface area contributed by atoms with Crippen LogP contribution in [0.25, 0.3) is 16.9 Å². The quantitative estimate of drug-likeness (QED) is 0.288. The van der Waals surface area contributed by atoms with Crippen molar-refractivity contribution in [2.24, 2.45) is 4.99 Å². The number of Topliss-reactive ketones (excluding diaryl/α,β-unsaturated/α-hetero) is 1. The van der Waals surface area contributed by atoms with Gasteiger partial charge in [-0.1, -0.05) is 41.9 Å². The molecule has 4 rings (SSSR count). The van der Waals surface area contributed by atoms with Crippen molar-refractivity contribution in [1.29, 1.82) is 0 Å². The number of hydrogen-bond donors (Lipinski definition) is 0. The number of aliphatic imine (C=N–C) groups is 1. The summed E-state index contributed by atoms with van der Waals surface area (Å²) in [6.07, 6.45) is 1.67. The van der Waals surface area contributed by atoms with Crippen LogP contribution in [0.4, 0.5) is 0 Å². The van der Waals surface area contributed by atoms with Gasteiger partial charge in [-0.05, 0) is 60.2 Å². The zero-order chi connectivity index (χ0) is 21.6. The molecule has 4 aromatic rings. The number of ether oxygens (including phenoxy) is 1. The Labute approximate surface area is 185 Å². The van der Waals surface area contributed by atoms with Crippen LogP contribution in [0.15, 0.2) is 89.9 Å². The van der Waals surface area contributed by atoms with Crippen molar-refractivity contribution in [1.82, 2.24) is 9.78 Å². The van der Waals surface area contributed by atoms with E-state index >= 15 is 0 Å². The Bertz CT molecular complexity index is 1200. The standard InChI is InChI=1S/C25H20ClN3O2/c1-31-22-13-9-19(10-14-22)23-15-24(29(28-23)21-5-3-2-4-6-21)25(30)17-27-16-18-7-11-20(26)12-8-18/h2-16H,17H2,1H3. The normalized spacial score (nSPS) is 11.0. The van der Waals surface area contributed by atoms with Gasteiger partial charge >= 0.3 is 0 Å². The van der Waals surface area contributed by atoms with Gasteiger partial charge in [-0.3, -0.25) is 9.79 Å². The summed E-state index contributed by atoms with van der Waals surface area (Å²) in [5, 5.41) is 5.35. The molecule has 1 heterocycles. The van der Waals surface area contributed by atoms with Crippen LogP contribution in [-0.2, 0) is 0 Å². The van der Waals surface area contributed by atoms with Crippen molar-refractivity contribution in [3.05, 3.63) is 101 Å². The minimum atomic E-state index is -0.124. The van der Waals surface area contributed by atoms with Crippen LogP contribution in [0.2, 0.25) is 5.02 Å². The maximum atomic E-state index is 13.0. The van der Waals surface area contributed by atoms with Crippen molar-refractivity contribution in [3.8, 4) is 22.7 Å². The average Bonchev–Trinajstić information content (AvgIpc) is 3.27. The first-order valence-electron chi connectivity index (χ1n) is 9.72. The van der Waals surface area contributed by atoms with Gasteiger partial charge in [0.25, 0.3) is 0 Å². The van der Waals surface area contributed by atoms with E-state index < -0.39 is 0 Å². The molecule has 0 fully saturated rings. The summed E-state index contributed by atoms with van der Waals surface area (Å²) in [6, 6.07) is 26.2. The molecular formula is C25H20ClN3O2. The molecule has 0 saturated carbocycles. The lowest BCUT2D eigenvalue weighted by Crippen LogP contribution is -2.11. The molecule has 0 aliphatic heterocycles. The Kier molecular flexibility index (Phi) is 6.24. The number of carbonyl (C=O) groups is 1. The van der Waals surface area contributed by atoms with Gasteiger partial charge < -0.3 is 4.74 Å². The number of halogens is 1. The predicted molar refractivity (Wildman–Crippen MR) is 124 cm³/mol. The third-order valence-electron chi connectivity index (χ3n) is 4.73. The molecule has 0 amide bonds. The first-order chi connectivity index (χ1) is 15.1. The van der Waals surface area contributed by atoms with E-state index in [4.69, 9.17) is 21.4 Å². The molecule has 0 N–H and O–H groups in total. The molecule has 3 aromatic carbocycles. The predicted octanol–water partition coefficient (Wildman–Crippen LogP) is 5.50. The molecule has 0 saturated heterocycles. The highest BCUT2D eigenvalue weighted by Gasteiger charge is 2.17. The molecule has 0 spiro atoms. The second-order valence-electron chi connectivity index (χ2n) is 6.84. The van der Waals surface area contributed by atoms with E-state index in [-0.39, 0.29) is 12.3 Å². The van der Waals surface area contributed by atoms with Crippen LogP contribution in [-0.4, -0.2) is 35.4 Å². The van der Waals surface area contributed by atoms with E-state index in [9.17, 15) is 4.79 Å². The van der Waals surface area contributed by atoms with E-state index in [0.717, 1.165) is 22.6 Å². The Morgan fingerprint density at radius 3 is 2.42 bits per heavy atom.